The van der Waals surface area contributed by atoms with Crippen molar-refractivity contribution in [1.29, 1.82) is 0 Å². The number of nitrogens with one attached hydrogen (secondary N) is 1. The number of hydrogen-bond acceptors (Lipinski definition) is 2. The summed E-state index contributed by atoms with van der Waals surface area (Å²) in [4.78, 5) is 10.9. The Morgan fingerprint density at radius 1 is 1.33 bits per heavy atom. The maximum atomic E-state index is 10.9. The van der Waals surface area contributed by atoms with Crippen LogP contribution in [0.2, 0.25) is 0 Å². The molecule has 0 aliphatic rings. The number of phenolic OH excluding ortho intramolecular Hbond substituents is 1. The molecule has 0 saturated heterocycles. The third-order valence-electron chi connectivity index (χ3n) is 1.45. The summed E-state index contributed by atoms with van der Waals surface area (Å²) in [6.07, 6.45) is 0. The fraction of sp³-hybridized carbons (Fsp3) is 0.125. The van der Waals surface area contributed by atoms with Crippen LogP contribution < -0.4 is 5.32 Å². The number of benzene rings is 1. The van der Waals surface area contributed by atoms with Crippen molar-refractivity contribution in [3.63, 3.8) is 0 Å². The topological polar surface area (TPSA) is 49.3 Å². The van der Waals surface area contributed by atoms with E-state index in [1.807, 2.05) is 28.7 Å². The molecule has 0 fully saturated rings. The minimum atomic E-state index is -0.138. The van der Waals surface area contributed by atoms with Gasteiger partial charge in [0.25, 0.3) is 0 Å². The van der Waals surface area contributed by atoms with Crippen molar-refractivity contribution in [2.24, 2.45) is 0 Å². The largest absolute Gasteiger partial charge is 0.506 e. The van der Waals surface area contributed by atoms with Crippen LogP contribution >= 0.6 is 67.8 Å². The van der Waals surface area contributed by atoms with Crippen molar-refractivity contribution in [2.75, 3.05) is 5.32 Å². The third-order valence-corrected chi connectivity index (χ3v) is 4.17. The summed E-state index contributed by atoms with van der Waals surface area (Å²) in [5.74, 6) is 0.0804. The van der Waals surface area contributed by atoms with Crippen LogP contribution in [0.1, 0.15) is 6.92 Å². The quantitative estimate of drug-likeness (QED) is 0.417. The van der Waals surface area contributed by atoms with E-state index in [2.05, 4.69) is 50.5 Å². The second-order valence-corrected chi connectivity index (χ2v) is 5.96. The van der Waals surface area contributed by atoms with Crippen molar-refractivity contribution in [2.45, 2.75) is 6.92 Å². The van der Waals surface area contributed by atoms with Crippen molar-refractivity contribution >= 4 is 109 Å². The third kappa shape index (κ3) is 4.45. The van der Waals surface area contributed by atoms with Crippen LogP contribution in [0.25, 0.3) is 0 Å². The average molecular weight is 552 g/mol. The first-order valence-electron chi connectivity index (χ1n) is 3.57. The molecular weight excluding hydrogens is 546 g/mol. The summed E-state index contributed by atoms with van der Waals surface area (Å²) in [5, 5.41) is 12.3. The molecule has 0 unspecified atom stereocenters. The van der Waals surface area contributed by atoms with E-state index in [0.717, 1.165) is 7.14 Å². The van der Waals surface area contributed by atoms with Gasteiger partial charge in [-0.3, -0.25) is 4.79 Å². The molecule has 3 nitrogen and oxygen atoms in total. The predicted octanol–water partition coefficient (Wildman–Crippen LogP) is 2.78. The molecule has 2 N–H and O–H groups in total. The maximum absolute atomic E-state index is 10.9. The molecule has 1 amide bonds. The molecule has 77 valence electrons. The van der Waals surface area contributed by atoms with Crippen molar-refractivity contribution in [1.82, 2.24) is 0 Å². The minimum absolute atomic E-state index is 0. The zero-order valence-corrected chi connectivity index (χ0v) is 16.5. The summed E-state index contributed by atoms with van der Waals surface area (Å²) >= 11 is 6.20. The molecule has 0 aromatic heterocycles. The number of hydrogen-bond donors (Lipinski definition) is 2. The number of amides is 1. The summed E-state index contributed by atoms with van der Waals surface area (Å²) in [6.45, 7) is 1.45. The molecule has 15 heavy (non-hydrogen) atoms. The van der Waals surface area contributed by atoms with Gasteiger partial charge in [0.2, 0.25) is 5.91 Å². The van der Waals surface area contributed by atoms with E-state index >= 15 is 0 Å². The summed E-state index contributed by atoms with van der Waals surface area (Å²) < 4.78 is 2.38. The number of anilines is 1. The molecular formula is C8H6I3NNaO2. The first kappa shape index (κ1) is 16.7. The van der Waals surface area contributed by atoms with E-state index in [0.29, 0.717) is 9.26 Å². The zero-order valence-electron chi connectivity index (χ0n) is 8.07. The Bertz CT molecular complexity index is 398. The van der Waals surface area contributed by atoms with Crippen LogP contribution in [-0.2, 0) is 4.79 Å². The SMILES string of the molecule is CC(=O)Nc1c(I)cc(I)c(O)c1I.[Na]. The van der Waals surface area contributed by atoms with Crippen molar-refractivity contribution in [3.8, 4) is 5.75 Å². The van der Waals surface area contributed by atoms with Gasteiger partial charge in [-0.05, 0) is 73.8 Å². The fourth-order valence-corrected chi connectivity index (χ4v) is 4.51. The van der Waals surface area contributed by atoms with Crippen LogP contribution in [0.4, 0.5) is 5.69 Å². The molecule has 1 rings (SSSR count). The van der Waals surface area contributed by atoms with E-state index in [1.54, 1.807) is 0 Å². The molecule has 1 aromatic rings. The normalized spacial score (nSPS) is 9.33. The molecule has 1 radical (unpaired) electrons. The van der Waals surface area contributed by atoms with Crippen LogP contribution in [-0.4, -0.2) is 40.6 Å². The Kier molecular flexibility index (Phi) is 7.99. The Morgan fingerprint density at radius 3 is 2.33 bits per heavy atom. The van der Waals surface area contributed by atoms with Gasteiger partial charge in [0.15, 0.2) is 0 Å². The molecule has 0 bridgehead atoms. The number of halogens is 3. The monoisotopic (exact) mass is 552 g/mol. The standard InChI is InChI=1S/C8H6I3NO2.Na/c1-3(13)12-7-4(9)2-5(10)8(14)6(7)11;/h2,14H,1H3,(H,12,13);. The number of rotatable bonds is 1. The van der Waals surface area contributed by atoms with Crippen LogP contribution in [0, 0.1) is 10.7 Å². The van der Waals surface area contributed by atoms with Gasteiger partial charge in [-0.25, -0.2) is 0 Å². The molecule has 0 heterocycles. The second-order valence-electron chi connectivity index (χ2n) is 2.56. The summed E-state index contributed by atoms with van der Waals surface area (Å²) in [5.41, 5.74) is 0.677. The Hall–Kier alpha value is 1.68. The number of aromatic hydroxyl groups is 1. The smallest absolute Gasteiger partial charge is 0.221 e. The molecule has 1 aromatic carbocycles. The molecule has 0 saturated carbocycles. The Labute approximate surface area is 151 Å². The summed E-state index contributed by atoms with van der Waals surface area (Å²) in [6, 6.07) is 1.82. The predicted molar refractivity (Wildman–Crippen MR) is 86.3 cm³/mol. The van der Waals surface area contributed by atoms with Gasteiger partial charge in [0, 0.05) is 40.1 Å². The van der Waals surface area contributed by atoms with Gasteiger partial charge in [-0.1, -0.05) is 0 Å². The minimum Gasteiger partial charge on any atom is -0.506 e. The van der Waals surface area contributed by atoms with Crippen molar-refractivity contribution in [3.05, 3.63) is 16.8 Å². The molecule has 0 atom stereocenters. The molecule has 0 aliphatic heterocycles. The fourth-order valence-electron chi connectivity index (χ4n) is 0.870. The molecule has 0 aliphatic carbocycles. The van der Waals surface area contributed by atoms with E-state index < -0.39 is 0 Å². The van der Waals surface area contributed by atoms with E-state index in [-0.39, 0.29) is 41.2 Å². The summed E-state index contributed by atoms with van der Waals surface area (Å²) in [7, 11) is 0. The number of phenols is 1. The molecule has 0 spiro atoms. The Balaban J connectivity index is 0.00000196. The van der Waals surface area contributed by atoms with Crippen molar-refractivity contribution < 1.29 is 9.90 Å². The van der Waals surface area contributed by atoms with E-state index in [9.17, 15) is 9.90 Å². The van der Waals surface area contributed by atoms with Gasteiger partial charge in [0.05, 0.1) is 12.8 Å². The van der Waals surface area contributed by atoms with E-state index in [4.69, 9.17) is 0 Å². The van der Waals surface area contributed by atoms with Gasteiger partial charge in [0.1, 0.15) is 5.75 Å². The first-order chi connectivity index (χ1) is 6.43. The zero-order chi connectivity index (χ0) is 10.9. The van der Waals surface area contributed by atoms with E-state index in [1.165, 1.54) is 6.92 Å². The van der Waals surface area contributed by atoms with Crippen LogP contribution in [0.15, 0.2) is 6.07 Å². The number of carbonyl (C=O) groups is 1. The maximum Gasteiger partial charge on any atom is 0.221 e. The number of carbonyl (C=O) groups excluding carboxylic acids is 1. The second kappa shape index (κ2) is 7.19. The average Bonchev–Trinajstić information content (AvgIpc) is 2.09. The first-order valence-corrected chi connectivity index (χ1v) is 6.81. The van der Waals surface area contributed by atoms with Crippen LogP contribution in [0.5, 0.6) is 5.75 Å². The van der Waals surface area contributed by atoms with Gasteiger partial charge in [-0.2, -0.15) is 0 Å². The van der Waals surface area contributed by atoms with Gasteiger partial charge >= 0.3 is 0 Å². The van der Waals surface area contributed by atoms with Gasteiger partial charge in [-0.15, -0.1) is 0 Å². The molecule has 7 heteroatoms. The Morgan fingerprint density at radius 2 is 1.87 bits per heavy atom. The van der Waals surface area contributed by atoms with Gasteiger partial charge < -0.3 is 10.4 Å². The van der Waals surface area contributed by atoms with Crippen LogP contribution in [0.3, 0.4) is 0 Å².